The van der Waals surface area contributed by atoms with Crippen molar-refractivity contribution < 1.29 is 14.3 Å². The first-order chi connectivity index (χ1) is 11.9. The topological polar surface area (TPSA) is 124 Å². The van der Waals surface area contributed by atoms with Crippen LogP contribution in [0.4, 0.5) is 5.82 Å². The number of hydrogen-bond acceptors (Lipinski definition) is 6. The maximum Gasteiger partial charge on any atom is 0.255 e. The van der Waals surface area contributed by atoms with E-state index >= 15 is 0 Å². The van der Waals surface area contributed by atoms with Gasteiger partial charge in [0.05, 0.1) is 7.11 Å². The summed E-state index contributed by atoms with van der Waals surface area (Å²) in [4.78, 5) is 15.2. The van der Waals surface area contributed by atoms with Gasteiger partial charge in [0.1, 0.15) is 17.5 Å². The number of nitriles is 1. The van der Waals surface area contributed by atoms with E-state index in [9.17, 15) is 10.1 Å². The number of hydrogen-bond donors (Lipinski definition) is 2. The van der Waals surface area contributed by atoms with Crippen LogP contribution in [0.3, 0.4) is 0 Å². The molecule has 1 aromatic carbocycles. The Morgan fingerprint density at radius 1 is 1.32 bits per heavy atom. The standard InChI is InChI=1S/C18H20N4O3/c1-10(2)14-7-12(13(8-19)18(21)22-14)11-4-5-15(16(6-11)24-3)25-9-17(20)23/h4-7,10H,9H2,1-3H3,(H2,20,23)(H2,21,22). The van der Waals surface area contributed by atoms with Gasteiger partial charge < -0.3 is 20.9 Å². The van der Waals surface area contributed by atoms with Crippen LogP contribution in [-0.2, 0) is 4.79 Å². The third kappa shape index (κ3) is 3.98. The summed E-state index contributed by atoms with van der Waals surface area (Å²) in [5, 5.41) is 9.44. The molecule has 7 nitrogen and oxygen atoms in total. The van der Waals surface area contributed by atoms with Crippen LogP contribution in [0.5, 0.6) is 11.5 Å². The number of methoxy groups -OCH3 is 1. The van der Waals surface area contributed by atoms with Crippen molar-refractivity contribution in [1.82, 2.24) is 4.98 Å². The van der Waals surface area contributed by atoms with Gasteiger partial charge >= 0.3 is 0 Å². The number of amides is 1. The molecular weight excluding hydrogens is 320 g/mol. The number of nitrogen functional groups attached to an aromatic ring is 1. The van der Waals surface area contributed by atoms with E-state index in [-0.39, 0.29) is 18.3 Å². The zero-order chi connectivity index (χ0) is 18.6. The molecule has 0 aliphatic heterocycles. The van der Waals surface area contributed by atoms with Crippen molar-refractivity contribution in [2.45, 2.75) is 19.8 Å². The van der Waals surface area contributed by atoms with Crippen LogP contribution >= 0.6 is 0 Å². The van der Waals surface area contributed by atoms with Gasteiger partial charge in [-0.15, -0.1) is 0 Å². The third-order valence-electron chi connectivity index (χ3n) is 3.62. The Bertz CT molecular complexity index is 841. The predicted molar refractivity (Wildman–Crippen MR) is 94.1 cm³/mol. The molecule has 1 heterocycles. The number of rotatable bonds is 6. The molecule has 0 aliphatic carbocycles. The smallest absolute Gasteiger partial charge is 0.255 e. The quantitative estimate of drug-likeness (QED) is 0.830. The SMILES string of the molecule is COc1cc(-c2cc(C(C)C)nc(N)c2C#N)ccc1OCC(N)=O. The van der Waals surface area contributed by atoms with E-state index in [1.54, 1.807) is 18.2 Å². The minimum atomic E-state index is -0.582. The van der Waals surface area contributed by atoms with Gasteiger partial charge in [-0.2, -0.15) is 5.26 Å². The number of benzene rings is 1. The number of anilines is 1. The number of ether oxygens (including phenoxy) is 2. The van der Waals surface area contributed by atoms with Gasteiger partial charge in [-0.3, -0.25) is 4.79 Å². The summed E-state index contributed by atoms with van der Waals surface area (Å²) >= 11 is 0. The molecule has 0 spiro atoms. The summed E-state index contributed by atoms with van der Waals surface area (Å²) in [6.07, 6.45) is 0. The van der Waals surface area contributed by atoms with Crippen molar-refractivity contribution in [3.63, 3.8) is 0 Å². The second-order valence-electron chi connectivity index (χ2n) is 5.74. The summed E-state index contributed by atoms with van der Waals surface area (Å²) in [5.41, 5.74) is 13.5. The number of primary amides is 1. The zero-order valence-electron chi connectivity index (χ0n) is 14.4. The van der Waals surface area contributed by atoms with Crippen molar-refractivity contribution in [3.8, 4) is 28.7 Å². The lowest BCUT2D eigenvalue weighted by molar-refractivity contribution is -0.119. The number of aromatic nitrogens is 1. The average Bonchev–Trinajstić information content (AvgIpc) is 2.58. The molecule has 0 bridgehead atoms. The van der Waals surface area contributed by atoms with Crippen LogP contribution in [0.15, 0.2) is 24.3 Å². The molecule has 0 aliphatic rings. The number of nitrogens with two attached hydrogens (primary N) is 2. The molecule has 2 rings (SSSR count). The molecule has 1 amide bonds. The van der Waals surface area contributed by atoms with Crippen LogP contribution in [-0.4, -0.2) is 24.6 Å². The minimum Gasteiger partial charge on any atom is -0.493 e. The first kappa shape index (κ1) is 18.1. The van der Waals surface area contributed by atoms with E-state index in [0.29, 0.717) is 22.6 Å². The zero-order valence-corrected chi connectivity index (χ0v) is 14.4. The highest BCUT2D eigenvalue weighted by Gasteiger charge is 2.16. The third-order valence-corrected chi connectivity index (χ3v) is 3.62. The highest BCUT2D eigenvalue weighted by atomic mass is 16.5. The van der Waals surface area contributed by atoms with Gasteiger partial charge in [0.25, 0.3) is 5.91 Å². The van der Waals surface area contributed by atoms with E-state index in [1.807, 2.05) is 19.9 Å². The molecule has 0 radical (unpaired) electrons. The lowest BCUT2D eigenvalue weighted by atomic mass is 9.97. The van der Waals surface area contributed by atoms with Crippen molar-refractivity contribution in [2.24, 2.45) is 5.73 Å². The lowest BCUT2D eigenvalue weighted by Crippen LogP contribution is -2.20. The van der Waals surface area contributed by atoms with Crippen molar-refractivity contribution in [2.75, 3.05) is 19.5 Å². The molecule has 0 fully saturated rings. The Morgan fingerprint density at radius 3 is 2.60 bits per heavy atom. The van der Waals surface area contributed by atoms with Crippen molar-refractivity contribution >= 4 is 11.7 Å². The van der Waals surface area contributed by atoms with Gasteiger partial charge in [0, 0.05) is 11.3 Å². The fourth-order valence-corrected chi connectivity index (χ4v) is 2.33. The Labute approximate surface area is 146 Å². The van der Waals surface area contributed by atoms with E-state index < -0.39 is 5.91 Å². The fraction of sp³-hybridized carbons (Fsp3) is 0.278. The van der Waals surface area contributed by atoms with E-state index in [4.69, 9.17) is 20.9 Å². The highest BCUT2D eigenvalue weighted by molar-refractivity contribution is 5.78. The number of carbonyl (C=O) groups excluding carboxylic acids is 1. The lowest BCUT2D eigenvalue weighted by Gasteiger charge is -2.14. The van der Waals surface area contributed by atoms with Crippen LogP contribution in [0.25, 0.3) is 11.1 Å². The Morgan fingerprint density at radius 2 is 2.04 bits per heavy atom. The Balaban J connectivity index is 2.55. The van der Waals surface area contributed by atoms with Gasteiger partial charge in [-0.25, -0.2) is 4.98 Å². The number of nitrogens with zero attached hydrogens (tertiary/aromatic N) is 2. The van der Waals surface area contributed by atoms with Gasteiger partial charge in [0.15, 0.2) is 18.1 Å². The monoisotopic (exact) mass is 340 g/mol. The summed E-state index contributed by atoms with van der Waals surface area (Å²) in [5.74, 6) is 0.575. The molecule has 4 N–H and O–H groups in total. The van der Waals surface area contributed by atoms with E-state index in [1.165, 1.54) is 7.11 Å². The molecule has 130 valence electrons. The summed E-state index contributed by atoms with van der Waals surface area (Å²) in [7, 11) is 1.49. The second kappa shape index (κ2) is 7.53. The fourth-order valence-electron chi connectivity index (χ4n) is 2.33. The summed E-state index contributed by atoms with van der Waals surface area (Å²) in [6, 6.07) is 9.08. The highest BCUT2D eigenvalue weighted by Crippen LogP contribution is 2.35. The summed E-state index contributed by atoms with van der Waals surface area (Å²) < 4.78 is 10.6. The first-order valence-corrected chi connectivity index (χ1v) is 7.67. The molecule has 0 saturated heterocycles. The Hall–Kier alpha value is -3.27. The maximum atomic E-state index is 10.9. The largest absolute Gasteiger partial charge is 0.493 e. The number of carbonyl (C=O) groups is 1. The first-order valence-electron chi connectivity index (χ1n) is 7.67. The van der Waals surface area contributed by atoms with E-state index in [2.05, 4.69) is 11.1 Å². The molecule has 0 atom stereocenters. The number of pyridine rings is 1. The summed E-state index contributed by atoms with van der Waals surface area (Å²) in [6.45, 7) is 3.75. The van der Waals surface area contributed by atoms with Crippen LogP contribution in [0.1, 0.15) is 31.0 Å². The molecular formula is C18H20N4O3. The molecule has 0 saturated carbocycles. The molecule has 7 heteroatoms. The predicted octanol–water partition coefficient (Wildman–Crippen LogP) is 2.20. The molecule has 2 aromatic rings. The normalized spacial score (nSPS) is 10.4. The second-order valence-corrected chi connectivity index (χ2v) is 5.74. The van der Waals surface area contributed by atoms with Crippen LogP contribution in [0, 0.1) is 11.3 Å². The van der Waals surface area contributed by atoms with Gasteiger partial charge in [-0.1, -0.05) is 19.9 Å². The molecule has 0 unspecified atom stereocenters. The molecule has 1 aromatic heterocycles. The van der Waals surface area contributed by atoms with Crippen molar-refractivity contribution in [1.29, 1.82) is 5.26 Å². The van der Waals surface area contributed by atoms with Crippen molar-refractivity contribution in [3.05, 3.63) is 35.5 Å². The molecule has 25 heavy (non-hydrogen) atoms. The van der Waals surface area contributed by atoms with Gasteiger partial charge in [-0.05, 0) is 29.7 Å². The van der Waals surface area contributed by atoms with Gasteiger partial charge in [0.2, 0.25) is 0 Å². The maximum absolute atomic E-state index is 10.9. The van der Waals surface area contributed by atoms with Crippen LogP contribution < -0.4 is 20.9 Å². The average molecular weight is 340 g/mol. The van der Waals surface area contributed by atoms with Crippen LogP contribution in [0.2, 0.25) is 0 Å². The Kier molecular flexibility index (Phi) is 5.45. The minimum absolute atomic E-state index is 0.161. The van der Waals surface area contributed by atoms with E-state index in [0.717, 1.165) is 11.3 Å².